The van der Waals surface area contributed by atoms with Gasteiger partial charge in [0.25, 0.3) is 5.91 Å². The second-order valence-electron chi connectivity index (χ2n) is 5.77. The Morgan fingerprint density at radius 2 is 1.88 bits per heavy atom. The average molecular weight is 360 g/mol. The standard InChI is InChI=1S/C18H24N4O2S/c1-4-15-5-7-16(8-6-15)24-14(2)17(23)21-9-11-22(12-10-21)18(25-3)20-13-19/h5-8,14H,4,9-12H2,1-3H3/b20-18-. The maximum atomic E-state index is 12.6. The van der Waals surface area contributed by atoms with Crippen LogP contribution in [-0.4, -0.2) is 59.4 Å². The van der Waals surface area contributed by atoms with Crippen molar-refractivity contribution in [1.82, 2.24) is 9.80 Å². The Balaban J connectivity index is 1.88. The summed E-state index contributed by atoms with van der Waals surface area (Å²) in [4.78, 5) is 20.3. The van der Waals surface area contributed by atoms with Crippen molar-refractivity contribution in [2.24, 2.45) is 4.99 Å². The van der Waals surface area contributed by atoms with Crippen LogP contribution in [0.1, 0.15) is 19.4 Å². The summed E-state index contributed by atoms with van der Waals surface area (Å²) < 4.78 is 5.79. The van der Waals surface area contributed by atoms with Crippen LogP contribution in [0.5, 0.6) is 5.75 Å². The number of aryl methyl sites for hydroxylation is 1. The predicted octanol–water partition coefficient (Wildman–Crippen LogP) is 2.36. The molecule has 1 aromatic carbocycles. The second-order valence-corrected chi connectivity index (χ2v) is 6.54. The predicted molar refractivity (Wildman–Crippen MR) is 101 cm³/mol. The van der Waals surface area contributed by atoms with Crippen molar-refractivity contribution in [3.05, 3.63) is 29.8 Å². The molecule has 1 unspecified atom stereocenters. The molecule has 0 spiro atoms. The summed E-state index contributed by atoms with van der Waals surface area (Å²) in [6.07, 6.45) is 4.18. The topological polar surface area (TPSA) is 68.9 Å². The molecule has 1 aliphatic rings. The van der Waals surface area contributed by atoms with Crippen molar-refractivity contribution in [2.45, 2.75) is 26.4 Å². The van der Waals surface area contributed by atoms with Crippen molar-refractivity contribution in [1.29, 1.82) is 5.26 Å². The molecule has 0 N–H and O–H groups in total. The van der Waals surface area contributed by atoms with E-state index >= 15 is 0 Å². The molecule has 0 aromatic heterocycles. The van der Waals surface area contributed by atoms with Gasteiger partial charge in [-0.05, 0) is 37.3 Å². The monoisotopic (exact) mass is 360 g/mol. The smallest absolute Gasteiger partial charge is 0.263 e. The zero-order chi connectivity index (χ0) is 18.2. The molecule has 7 heteroatoms. The number of amides is 1. The van der Waals surface area contributed by atoms with E-state index in [9.17, 15) is 4.79 Å². The van der Waals surface area contributed by atoms with E-state index in [1.165, 1.54) is 17.3 Å². The van der Waals surface area contributed by atoms with Crippen molar-refractivity contribution in [3.8, 4) is 11.9 Å². The van der Waals surface area contributed by atoms with Gasteiger partial charge in [0.15, 0.2) is 11.3 Å². The molecule has 1 fully saturated rings. The summed E-state index contributed by atoms with van der Waals surface area (Å²) in [6.45, 7) is 6.44. The fraction of sp³-hybridized carbons (Fsp3) is 0.500. The Hall–Kier alpha value is -2.20. The summed E-state index contributed by atoms with van der Waals surface area (Å²) in [5.41, 5.74) is 1.24. The molecule has 0 bridgehead atoms. The van der Waals surface area contributed by atoms with Gasteiger partial charge in [0.05, 0.1) is 0 Å². The fourth-order valence-corrected chi connectivity index (χ4v) is 3.29. The van der Waals surface area contributed by atoms with Crippen LogP contribution in [0.2, 0.25) is 0 Å². The third-order valence-electron chi connectivity index (χ3n) is 4.18. The van der Waals surface area contributed by atoms with Gasteiger partial charge >= 0.3 is 0 Å². The van der Waals surface area contributed by atoms with Crippen LogP contribution in [0.3, 0.4) is 0 Å². The number of aliphatic imine (C=N–C) groups is 1. The van der Waals surface area contributed by atoms with Gasteiger partial charge in [-0.1, -0.05) is 30.8 Å². The highest BCUT2D eigenvalue weighted by Gasteiger charge is 2.27. The highest BCUT2D eigenvalue weighted by molar-refractivity contribution is 8.13. The molecule has 2 rings (SSSR count). The minimum Gasteiger partial charge on any atom is -0.481 e. The summed E-state index contributed by atoms with van der Waals surface area (Å²) in [5.74, 6) is 0.699. The van der Waals surface area contributed by atoms with Crippen LogP contribution in [0.25, 0.3) is 0 Å². The lowest BCUT2D eigenvalue weighted by Crippen LogP contribution is -2.52. The highest BCUT2D eigenvalue weighted by Crippen LogP contribution is 2.16. The van der Waals surface area contributed by atoms with Gasteiger partial charge in [-0.3, -0.25) is 4.79 Å². The molecular formula is C18H24N4O2S. The molecule has 6 nitrogen and oxygen atoms in total. The maximum absolute atomic E-state index is 12.6. The van der Waals surface area contributed by atoms with Crippen LogP contribution in [0, 0.1) is 11.5 Å². The van der Waals surface area contributed by atoms with Gasteiger partial charge in [0.1, 0.15) is 5.75 Å². The summed E-state index contributed by atoms with van der Waals surface area (Å²) in [7, 11) is 0. The lowest BCUT2D eigenvalue weighted by atomic mass is 10.2. The highest BCUT2D eigenvalue weighted by atomic mass is 32.2. The quantitative estimate of drug-likeness (QED) is 0.468. The van der Waals surface area contributed by atoms with E-state index in [1.807, 2.05) is 46.5 Å². The van der Waals surface area contributed by atoms with Crippen molar-refractivity contribution in [3.63, 3.8) is 0 Å². The summed E-state index contributed by atoms with van der Waals surface area (Å²) in [6, 6.07) is 7.85. The molecule has 1 amide bonds. The number of carbonyl (C=O) groups is 1. The van der Waals surface area contributed by atoms with Gasteiger partial charge in [-0.2, -0.15) is 5.26 Å². The fourth-order valence-electron chi connectivity index (χ4n) is 2.72. The minimum atomic E-state index is -0.521. The number of thioether (sulfide) groups is 1. The zero-order valence-electron chi connectivity index (χ0n) is 14.9. The van der Waals surface area contributed by atoms with Crippen LogP contribution in [0.15, 0.2) is 29.3 Å². The number of hydrogen-bond acceptors (Lipinski definition) is 5. The molecule has 25 heavy (non-hydrogen) atoms. The Morgan fingerprint density at radius 3 is 2.40 bits per heavy atom. The molecule has 1 saturated heterocycles. The van der Waals surface area contributed by atoms with Gasteiger partial charge < -0.3 is 14.5 Å². The number of ether oxygens (including phenoxy) is 1. The number of nitrogens with zero attached hydrogens (tertiary/aromatic N) is 4. The van der Waals surface area contributed by atoms with Gasteiger partial charge in [0, 0.05) is 26.2 Å². The lowest BCUT2D eigenvalue weighted by Gasteiger charge is -2.36. The first-order valence-electron chi connectivity index (χ1n) is 8.39. The van der Waals surface area contributed by atoms with E-state index in [-0.39, 0.29) is 5.91 Å². The van der Waals surface area contributed by atoms with Gasteiger partial charge in [-0.25, -0.2) is 0 Å². The first-order chi connectivity index (χ1) is 12.1. The zero-order valence-corrected chi connectivity index (χ0v) is 15.8. The van der Waals surface area contributed by atoms with Gasteiger partial charge in [-0.15, -0.1) is 4.99 Å². The van der Waals surface area contributed by atoms with E-state index in [2.05, 4.69) is 11.9 Å². The van der Waals surface area contributed by atoms with E-state index < -0.39 is 6.10 Å². The maximum Gasteiger partial charge on any atom is 0.263 e. The number of nitriles is 1. The number of carbonyl (C=O) groups excluding carboxylic acids is 1. The number of hydrogen-bond donors (Lipinski definition) is 0. The summed E-state index contributed by atoms with van der Waals surface area (Å²) >= 11 is 1.45. The van der Waals surface area contributed by atoms with E-state index in [1.54, 1.807) is 6.92 Å². The van der Waals surface area contributed by atoms with Crippen LogP contribution < -0.4 is 4.74 Å². The molecule has 1 heterocycles. The molecular weight excluding hydrogens is 336 g/mol. The average Bonchev–Trinajstić information content (AvgIpc) is 2.66. The molecule has 0 aliphatic carbocycles. The van der Waals surface area contributed by atoms with Crippen molar-refractivity contribution in [2.75, 3.05) is 32.4 Å². The molecule has 1 atom stereocenters. The molecule has 0 saturated carbocycles. The third-order valence-corrected chi connectivity index (χ3v) is 4.90. The van der Waals surface area contributed by atoms with Crippen molar-refractivity contribution >= 4 is 22.8 Å². The lowest BCUT2D eigenvalue weighted by molar-refractivity contribution is -0.139. The van der Waals surface area contributed by atoms with Crippen molar-refractivity contribution < 1.29 is 9.53 Å². The summed E-state index contributed by atoms with van der Waals surface area (Å²) in [5, 5.41) is 9.43. The Kier molecular flexibility index (Phi) is 7.14. The molecule has 0 radical (unpaired) electrons. The van der Waals surface area contributed by atoms with E-state index in [0.29, 0.717) is 37.1 Å². The largest absolute Gasteiger partial charge is 0.481 e. The number of rotatable bonds is 4. The van der Waals surface area contributed by atoms with Crippen LogP contribution >= 0.6 is 11.8 Å². The van der Waals surface area contributed by atoms with E-state index in [0.717, 1.165) is 6.42 Å². The number of piperazine rings is 1. The first-order valence-corrected chi connectivity index (χ1v) is 9.61. The Labute approximate surface area is 153 Å². The molecule has 1 aromatic rings. The Morgan fingerprint density at radius 1 is 1.28 bits per heavy atom. The first kappa shape index (κ1) is 19.1. The third kappa shape index (κ3) is 5.13. The van der Waals surface area contributed by atoms with Crippen LogP contribution in [-0.2, 0) is 11.2 Å². The normalized spacial score (nSPS) is 16.3. The minimum absolute atomic E-state index is 0.0119. The Bertz CT molecular complexity index is 646. The molecule has 134 valence electrons. The molecule has 1 aliphatic heterocycles. The van der Waals surface area contributed by atoms with Crippen LogP contribution in [0.4, 0.5) is 0 Å². The number of benzene rings is 1. The second kappa shape index (κ2) is 9.33. The van der Waals surface area contributed by atoms with E-state index in [4.69, 9.17) is 10.00 Å². The van der Waals surface area contributed by atoms with Gasteiger partial charge in [0.2, 0.25) is 6.19 Å². The number of amidine groups is 1. The SMILES string of the molecule is CCc1ccc(OC(C)C(=O)N2CCN(/C(=N/C#N)SC)CC2)cc1.